The van der Waals surface area contributed by atoms with Gasteiger partial charge in [-0.1, -0.05) is 24.3 Å². The smallest absolute Gasteiger partial charge is 0.272 e. The molecule has 9 nitrogen and oxygen atoms in total. The van der Waals surface area contributed by atoms with E-state index in [0.717, 1.165) is 6.07 Å². The third-order valence-electron chi connectivity index (χ3n) is 5.20. The van der Waals surface area contributed by atoms with Crippen molar-refractivity contribution in [1.29, 1.82) is 0 Å². The number of nitro groups is 1. The normalized spacial score (nSPS) is 11.4. The van der Waals surface area contributed by atoms with Crippen molar-refractivity contribution in [3.8, 4) is 0 Å². The summed E-state index contributed by atoms with van der Waals surface area (Å²) < 4.78 is 33.4. The highest BCUT2D eigenvalue weighted by Crippen LogP contribution is 2.33. The number of anilines is 1. The Morgan fingerprint density at radius 1 is 0.971 bits per heavy atom. The van der Waals surface area contributed by atoms with E-state index in [4.69, 9.17) is 4.42 Å². The van der Waals surface area contributed by atoms with Gasteiger partial charge in [-0.05, 0) is 50.2 Å². The molecule has 0 bridgehead atoms. The molecule has 4 aromatic rings. The van der Waals surface area contributed by atoms with Gasteiger partial charge in [-0.3, -0.25) is 19.7 Å². The monoisotopic (exact) mass is 478 g/mol. The summed E-state index contributed by atoms with van der Waals surface area (Å²) in [7, 11) is -4.43. The van der Waals surface area contributed by atoms with Crippen molar-refractivity contribution in [2.24, 2.45) is 0 Å². The number of carbonyl (C=O) groups excluding carboxylic acids is 2. The van der Waals surface area contributed by atoms with Crippen LogP contribution in [0.4, 0.5) is 11.4 Å². The summed E-state index contributed by atoms with van der Waals surface area (Å²) in [5.74, 6) is -0.908. The summed E-state index contributed by atoms with van der Waals surface area (Å²) in [5, 5.41) is 11.6. The van der Waals surface area contributed by atoms with E-state index in [1.807, 2.05) is 0 Å². The third kappa shape index (κ3) is 3.95. The summed E-state index contributed by atoms with van der Waals surface area (Å²) in [6.07, 6.45) is 0. The summed E-state index contributed by atoms with van der Waals surface area (Å²) in [5.41, 5.74) is 0.0332. The molecule has 4 rings (SSSR count). The van der Waals surface area contributed by atoms with Gasteiger partial charge in [0.15, 0.2) is 5.78 Å². The first-order valence-corrected chi connectivity index (χ1v) is 11.5. The quantitative estimate of drug-likeness (QED) is 0.219. The minimum Gasteiger partial charge on any atom is -0.461 e. The van der Waals surface area contributed by atoms with Crippen LogP contribution in [0.25, 0.3) is 11.0 Å². The first-order chi connectivity index (χ1) is 16.1. The van der Waals surface area contributed by atoms with Crippen molar-refractivity contribution >= 4 is 44.1 Å². The summed E-state index contributed by atoms with van der Waals surface area (Å²) in [6.45, 7) is 2.97. The van der Waals surface area contributed by atoms with E-state index in [1.54, 1.807) is 13.0 Å². The largest absolute Gasteiger partial charge is 0.461 e. The SMILES string of the molecule is CC(=O)c1c(C)oc2ccc(N(C(=O)c3cccc([N+](=O)[O-])c3)S(=O)(=O)c3ccccc3)cc12. The first kappa shape index (κ1) is 22.9. The fourth-order valence-electron chi connectivity index (χ4n) is 3.70. The number of aryl methyl sites for hydroxylation is 1. The highest BCUT2D eigenvalue weighted by molar-refractivity contribution is 7.93. The summed E-state index contributed by atoms with van der Waals surface area (Å²) in [6, 6.07) is 16.4. The second-order valence-corrected chi connectivity index (χ2v) is 9.25. The highest BCUT2D eigenvalue weighted by Gasteiger charge is 2.33. The van der Waals surface area contributed by atoms with Crippen LogP contribution in [0.1, 0.15) is 33.4 Å². The summed E-state index contributed by atoms with van der Waals surface area (Å²) >= 11 is 0. The Balaban J connectivity index is 1.96. The number of carbonyl (C=O) groups is 2. The molecule has 0 aliphatic rings. The Labute approximate surface area is 194 Å². The van der Waals surface area contributed by atoms with Gasteiger partial charge in [-0.25, -0.2) is 8.42 Å². The van der Waals surface area contributed by atoms with E-state index in [1.165, 1.54) is 67.6 Å². The Bertz CT molecular complexity index is 1560. The number of sulfonamides is 1. The van der Waals surface area contributed by atoms with Crippen LogP contribution in [0.15, 0.2) is 82.1 Å². The Kier molecular flexibility index (Phi) is 5.76. The number of rotatable bonds is 6. The maximum Gasteiger partial charge on any atom is 0.272 e. The Hall–Kier alpha value is -4.31. The molecule has 0 radical (unpaired) electrons. The molecule has 0 aliphatic carbocycles. The van der Waals surface area contributed by atoms with Crippen molar-refractivity contribution in [2.75, 3.05) is 4.31 Å². The molecule has 1 heterocycles. The lowest BCUT2D eigenvalue weighted by Gasteiger charge is -2.23. The fraction of sp³-hybridized carbons (Fsp3) is 0.0833. The van der Waals surface area contributed by atoms with Gasteiger partial charge < -0.3 is 4.42 Å². The molecular formula is C24H18N2O7S. The van der Waals surface area contributed by atoms with Crippen molar-refractivity contribution in [3.05, 3.63) is 99.8 Å². The van der Waals surface area contributed by atoms with Crippen LogP contribution in [0.3, 0.4) is 0 Å². The number of ketones is 1. The van der Waals surface area contributed by atoms with Crippen LogP contribution in [0, 0.1) is 17.0 Å². The predicted molar refractivity (Wildman–Crippen MR) is 124 cm³/mol. The van der Waals surface area contributed by atoms with Gasteiger partial charge in [0.2, 0.25) is 0 Å². The van der Waals surface area contributed by atoms with E-state index < -0.39 is 20.9 Å². The van der Waals surface area contributed by atoms with E-state index in [9.17, 15) is 28.1 Å². The van der Waals surface area contributed by atoms with Crippen LogP contribution in [-0.2, 0) is 10.0 Å². The number of hydrogen-bond acceptors (Lipinski definition) is 7. The van der Waals surface area contributed by atoms with Crippen molar-refractivity contribution in [2.45, 2.75) is 18.7 Å². The molecule has 34 heavy (non-hydrogen) atoms. The van der Waals surface area contributed by atoms with Crippen molar-refractivity contribution in [3.63, 3.8) is 0 Å². The van der Waals surface area contributed by atoms with Crippen LogP contribution < -0.4 is 4.31 Å². The second-order valence-electron chi connectivity index (χ2n) is 7.46. The third-order valence-corrected chi connectivity index (χ3v) is 6.93. The van der Waals surface area contributed by atoms with Gasteiger partial charge >= 0.3 is 0 Å². The lowest BCUT2D eigenvalue weighted by atomic mass is 10.1. The molecule has 1 amide bonds. The molecule has 0 atom stereocenters. The fourth-order valence-corrected chi connectivity index (χ4v) is 5.13. The number of benzene rings is 3. The number of furan rings is 1. The van der Waals surface area contributed by atoms with Crippen molar-refractivity contribution < 1.29 is 27.3 Å². The van der Waals surface area contributed by atoms with E-state index in [0.29, 0.717) is 21.0 Å². The van der Waals surface area contributed by atoms with Crippen molar-refractivity contribution in [1.82, 2.24) is 0 Å². The topological polar surface area (TPSA) is 128 Å². The van der Waals surface area contributed by atoms with Gasteiger partial charge in [-0.2, -0.15) is 4.31 Å². The van der Waals surface area contributed by atoms with Gasteiger partial charge in [0.25, 0.3) is 21.6 Å². The molecule has 0 aliphatic heterocycles. The number of nitro benzene ring substituents is 1. The van der Waals surface area contributed by atoms with E-state index in [2.05, 4.69) is 0 Å². The lowest BCUT2D eigenvalue weighted by molar-refractivity contribution is -0.384. The molecule has 0 unspecified atom stereocenters. The maximum atomic E-state index is 13.6. The molecule has 172 valence electrons. The molecular weight excluding hydrogens is 460 g/mol. The minimum atomic E-state index is -4.43. The minimum absolute atomic E-state index is 0.0452. The molecule has 0 saturated carbocycles. The Morgan fingerprint density at radius 3 is 2.32 bits per heavy atom. The highest BCUT2D eigenvalue weighted by atomic mass is 32.2. The standard InChI is InChI=1S/C24H18N2O7S/c1-15(27)23-16(2)33-22-12-11-18(14-21(22)23)25(34(31,32)20-9-4-3-5-10-20)24(28)17-7-6-8-19(13-17)26(29)30/h3-14H,1-2H3. The molecule has 10 heteroatoms. The average molecular weight is 478 g/mol. The molecule has 1 aromatic heterocycles. The number of nitrogens with zero attached hydrogens (tertiary/aromatic N) is 2. The van der Waals surface area contributed by atoms with Crippen LogP contribution in [0.5, 0.6) is 0 Å². The zero-order valence-electron chi connectivity index (χ0n) is 18.1. The zero-order chi connectivity index (χ0) is 24.6. The van der Waals surface area contributed by atoms with Gasteiger partial charge in [0.1, 0.15) is 11.3 Å². The zero-order valence-corrected chi connectivity index (χ0v) is 18.9. The first-order valence-electron chi connectivity index (χ1n) is 10.0. The molecule has 0 fully saturated rings. The number of amides is 1. The molecule has 0 spiro atoms. The van der Waals surface area contributed by atoms with E-state index >= 15 is 0 Å². The van der Waals surface area contributed by atoms with Crippen LogP contribution in [0.2, 0.25) is 0 Å². The predicted octanol–water partition coefficient (Wildman–Crippen LogP) is 4.89. The van der Waals surface area contributed by atoms with Crippen LogP contribution in [-0.4, -0.2) is 25.0 Å². The number of Topliss-reactive ketones (excluding diaryl/α,β-unsaturated/α-hetero) is 1. The maximum absolute atomic E-state index is 13.6. The van der Waals surface area contributed by atoms with Crippen LogP contribution >= 0.6 is 0 Å². The average Bonchev–Trinajstić information content (AvgIpc) is 3.15. The van der Waals surface area contributed by atoms with Gasteiger partial charge in [-0.15, -0.1) is 0 Å². The second kappa shape index (κ2) is 8.56. The number of fused-ring (bicyclic) bond motifs is 1. The summed E-state index contributed by atoms with van der Waals surface area (Å²) in [4.78, 5) is 36.1. The molecule has 3 aromatic carbocycles. The Morgan fingerprint density at radius 2 is 1.68 bits per heavy atom. The number of hydrogen-bond donors (Lipinski definition) is 0. The van der Waals surface area contributed by atoms with E-state index in [-0.39, 0.29) is 33.2 Å². The molecule has 0 N–H and O–H groups in total. The molecule has 0 saturated heterocycles. The number of non-ortho nitro benzene ring substituents is 1. The van der Waals surface area contributed by atoms with Gasteiger partial charge in [0.05, 0.1) is 21.1 Å². The van der Waals surface area contributed by atoms with Gasteiger partial charge in [0, 0.05) is 23.1 Å². The lowest BCUT2D eigenvalue weighted by Crippen LogP contribution is -2.37.